The third-order valence-corrected chi connectivity index (χ3v) is 6.18. The van der Waals surface area contributed by atoms with Crippen molar-refractivity contribution in [1.29, 1.82) is 0 Å². The van der Waals surface area contributed by atoms with E-state index in [0.29, 0.717) is 42.4 Å². The van der Waals surface area contributed by atoms with Crippen LogP contribution in [-0.4, -0.2) is 61.0 Å². The van der Waals surface area contributed by atoms with E-state index >= 15 is 0 Å². The zero-order valence-corrected chi connectivity index (χ0v) is 18.8. The number of carbonyl (C=O) groups is 2. The van der Waals surface area contributed by atoms with Gasteiger partial charge in [-0.2, -0.15) is 0 Å². The topological polar surface area (TPSA) is 59.1 Å². The fourth-order valence-electron chi connectivity index (χ4n) is 4.52. The molecule has 2 aliphatic heterocycles. The lowest BCUT2D eigenvalue weighted by Gasteiger charge is -2.33. The molecule has 2 amide bonds. The summed E-state index contributed by atoms with van der Waals surface area (Å²) < 4.78 is 11.7. The lowest BCUT2D eigenvalue weighted by molar-refractivity contribution is 0.0628. The number of likely N-dealkylation sites (tertiary alicyclic amines) is 2. The average molecular weight is 437 g/mol. The van der Waals surface area contributed by atoms with E-state index in [4.69, 9.17) is 9.47 Å². The number of para-hydroxylation sites is 1. The third kappa shape index (κ3) is 5.23. The summed E-state index contributed by atoms with van der Waals surface area (Å²) in [5.74, 6) is 1.69. The molecule has 32 heavy (non-hydrogen) atoms. The van der Waals surface area contributed by atoms with Crippen molar-refractivity contribution in [1.82, 2.24) is 9.80 Å². The second kappa shape index (κ2) is 10.5. The highest BCUT2D eigenvalue weighted by molar-refractivity contribution is 5.97. The molecule has 170 valence electrons. The number of carbonyl (C=O) groups excluding carboxylic acids is 2. The number of piperidine rings is 1. The van der Waals surface area contributed by atoms with Gasteiger partial charge in [0.15, 0.2) is 0 Å². The third-order valence-electron chi connectivity index (χ3n) is 6.18. The fourth-order valence-corrected chi connectivity index (χ4v) is 4.52. The number of nitrogens with zero attached hydrogens (tertiary/aromatic N) is 2. The largest absolute Gasteiger partial charge is 0.493 e. The van der Waals surface area contributed by atoms with Crippen LogP contribution < -0.4 is 9.47 Å². The van der Waals surface area contributed by atoms with Crippen LogP contribution in [0.25, 0.3) is 0 Å². The molecule has 0 aromatic heterocycles. The Morgan fingerprint density at radius 3 is 2.50 bits per heavy atom. The summed E-state index contributed by atoms with van der Waals surface area (Å²) >= 11 is 0. The van der Waals surface area contributed by atoms with Gasteiger partial charge in [0.25, 0.3) is 11.8 Å². The Kier molecular flexibility index (Phi) is 7.30. The van der Waals surface area contributed by atoms with Crippen LogP contribution in [0.5, 0.6) is 11.5 Å². The molecule has 2 heterocycles. The smallest absolute Gasteiger partial charge is 0.257 e. The van der Waals surface area contributed by atoms with Crippen molar-refractivity contribution in [2.24, 2.45) is 5.92 Å². The van der Waals surface area contributed by atoms with Crippen LogP contribution in [0.15, 0.2) is 48.5 Å². The maximum Gasteiger partial charge on any atom is 0.257 e. The summed E-state index contributed by atoms with van der Waals surface area (Å²) in [6.45, 7) is 6.05. The predicted molar refractivity (Wildman–Crippen MR) is 123 cm³/mol. The molecule has 0 unspecified atom stereocenters. The molecule has 6 heteroatoms. The van der Waals surface area contributed by atoms with Gasteiger partial charge in [-0.3, -0.25) is 9.59 Å². The van der Waals surface area contributed by atoms with E-state index in [2.05, 4.69) is 0 Å². The molecule has 2 saturated heterocycles. The van der Waals surface area contributed by atoms with Crippen molar-refractivity contribution < 1.29 is 19.1 Å². The molecule has 0 spiro atoms. The average Bonchev–Trinajstić information content (AvgIpc) is 3.38. The summed E-state index contributed by atoms with van der Waals surface area (Å²) in [5.41, 5.74) is 1.29. The molecule has 2 fully saturated rings. The zero-order valence-electron chi connectivity index (χ0n) is 18.8. The van der Waals surface area contributed by atoms with Crippen molar-refractivity contribution in [3.8, 4) is 11.5 Å². The molecule has 1 atom stereocenters. The molecular formula is C26H32N2O4. The van der Waals surface area contributed by atoms with E-state index in [1.54, 1.807) is 0 Å². The maximum atomic E-state index is 13.1. The van der Waals surface area contributed by atoms with Crippen molar-refractivity contribution in [3.63, 3.8) is 0 Å². The minimum absolute atomic E-state index is 0.0111. The first kappa shape index (κ1) is 22.2. The van der Waals surface area contributed by atoms with Crippen LogP contribution >= 0.6 is 0 Å². The highest BCUT2D eigenvalue weighted by Crippen LogP contribution is 2.25. The maximum absolute atomic E-state index is 13.1. The van der Waals surface area contributed by atoms with E-state index in [-0.39, 0.29) is 17.7 Å². The highest BCUT2D eigenvalue weighted by Gasteiger charge is 2.27. The molecule has 0 saturated carbocycles. The van der Waals surface area contributed by atoms with Crippen LogP contribution in [0.2, 0.25) is 0 Å². The number of benzene rings is 2. The Morgan fingerprint density at radius 2 is 1.69 bits per heavy atom. The van der Waals surface area contributed by atoms with Gasteiger partial charge in [-0.1, -0.05) is 18.2 Å². The zero-order chi connectivity index (χ0) is 22.3. The van der Waals surface area contributed by atoms with Gasteiger partial charge in [0.1, 0.15) is 11.5 Å². The van der Waals surface area contributed by atoms with Crippen LogP contribution in [0, 0.1) is 5.92 Å². The van der Waals surface area contributed by atoms with Gasteiger partial charge in [0.05, 0.1) is 18.8 Å². The minimum atomic E-state index is 0.0111. The number of hydrogen-bond donors (Lipinski definition) is 0. The monoisotopic (exact) mass is 436 g/mol. The Morgan fingerprint density at radius 1 is 0.906 bits per heavy atom. The molecule has 0 N–H and O–H groups in total. The summed E-state index contributed by atoms with van der Waals surface area (Å²) in [7, 11) is 0. The van der Waals surface area contributed by atoms with Gasteiger partial charge >= 0.3 is 0 Å². The van der Waals surface area contributed by atoms with Gasteiger partial charge in [-0.25, -0.2) is 0 Å². The Bertz CT molecular complexity index is 939. The molecule has 2 aromatic rings. The van der Waals surface area contributed by atoms with Gasteiger partial charge in [-0.05, 0) is 62.9 Å². The van der Waals surface area contributed by atoms with Crippen LogP contribution in [0.1, 0.15) is 53.3 Å². The molecular weight excluding hydrogens is 404 g/mol. The molecule has 6 nitrogen and oxygen atoms in total. The van der Waals surface area contributed by atoms with Crippen LogP contribution in [0.4, 0.5) is 0 Å². The molecule has 2 aromatic carbocycles. The Hall–Kier alpha value is -3.02. The summed E-state index contributed by atoms with van der Waals surface area (Å²) in [6.07, 6.45) is 4.12. The normalized spacial score (nSPS) is 18.5. The van der Waals surface area contributed by atoms with Crippen molar-refractivity contribution in [3.05, 3.63) is 59.7 Å². The van der Waals surface area contributed by atoms with Gasteiger partial charge < -0.3 is 19.3 Å². The van der Waals surface area contributed by atoms with Crippen molar-refractivity contribution in [2.75, 3.05) is 39.4 Å². The first-order valence-electron chi connectivity index (χ1n) is 11.7. The number of rotatable bonds is 7. The summed E-state index contributed by atoms with van der Waals surface area (Å²) in [4.78, 5) is 29.6. The standard InChI is InChI=1S/C26H32N2O4/c1-2-31-24-13-4-3-12-23(24)26(30)28-16-8-9-20(18-28)19-32-22-11-7-10-21(17-22)25(29)27-14-5-6-15-27/h3-4,7,10-13,17,20H,2,5-6,8-9,14-16,18-19H2,1H3/t20-/m1/s1. The molecule has 2 aliphatic rings. The first-order chi connectivity index (χ1) is 15.7. The number of hydrogen-bond acceptors (Lipinski definition) is 4. The van der Waals surface area contributed by atoms with Gasteiger partial charge in [0.2, 0.25) is 0 Å². The van der Waals surface area contributed by atoms with E-state index in [1.165, 1.54) is 0 Å². The predicted octanol–water partition coefficient (Wildman–Crippen LogP) is 4.25. The van der Waals surface area contributed by atoms with E-state index < -0.39 is 0 Å². The molecule has 4 rings (SSSR count). The first-order valence-corrected chi connectivity index (χ1v) is 11.7. The lowest BCUT2D eigenvalue weighted by atomic mass is 9.98. The quantitative estimate of drug-likeness (QED) is 0.651. The summed E-state index contributed by atoms with van der Waals surface area (Å²) in [6, 6.07) is 14.9. The second-order valence-electron chi connectivity index (χ2n) is 8.53. The van der Waals surface area contributed by atoms with Crippen molar-refractivity contribution >= 4 is 11.8 Å². The van der Waals surface area contributed by atoms with Gasteiger partial charge in [0, 0.05) is 37.7 Å². The highest BCUT2D eigenvalue weighted by atomic mass is 16.5. The minimum Gasteiger partial charge on any atom is -0.493 e. The SMILES string of the molecule is CCOc1ccccc1C(=O)N1CCC[C@@H](COc2cccc(C(=O)N3CCCC3)c2)C1. The van der Waals surface area contributed by atoms with Gasteiger partial charge in [-0.15, -0.1) is 0 Å². The fraction of sp³-hybridized carbons (Fsp3) is 0.462. The summed E-state index contributed by atoms with van der Waals surface area (Å²) in [5, 5.41) is 0. The second-order valence-corrected chi connectivity index (χ2v) is 8.53. The number of ether oxygens (including phenoxy) is 2. The lowest BCUT2D eigenvalue weighted by Crippen LogP contribution is -2.41. The Labute approximate surface area is 190 Å². The van der Waals surface area contributed by atoms with Crippen molar-refractivity contribution in [2.45, 2.75) is 32.6 Å². The van der Waals surface area contributed by atoms with Crippen LogP contribution in [0.3, 0.4) is 0 Å². The van der Waals surface area contributed by atoms with Crippen LogP contribution in [-0.2, 0) is 0 Å². The molecule has 0 radical (unpaired) electrons. The Balaban J connectivity index is 1.35. The molecule has 0 aliphatic carbocycles. The molecule has 0 bridgehead atoms. The van der Waals surface area contributed by atoms with E-state index in [9.17, 15) is 9.59 Å². The van der Waals surface area contributed by atoms with E-state index in [0.717, 1.165) is 45.3 Å². The van der Waals surface area contributed by atoms with E-state index in [1.807, 2.05) is 65.3 Å². The number of amides is 2.